The van der Waals surface area contributed by atoms with E-state index in [2.05, 4.69) is 32.9 Å². The van der Waals surface area contributed by atoms with Crippen molar-refractivity contribution in [3.05, 3.63) is 12.2 Å². The lowest BCUT2D eigenvalue weighted by atomic mass is 10.1. The van der Waals surface area contributed by atoms with Crippen LogP contribution in [0.15, 0.2) is 12.2 Å². The SMILES string of the molecule is CCCC/C=C\CCCCCCCC(=O)OCC(COCCCCCCCCCCCCCC)OC(=O)CCCCCCCCC. The molecular formula is C41H78O5. The van der Waals surface area contributed by atoms with Gasteiger partial charge in [0.15, 0.2) is 6.10 Å². The van der Waals surface area contributed by atoms with E-state index in [4.69, 9.17) is 14.2 Å². The summed E-state index contributed by atoms with van der Waals surface area (Å²) in [6.45, 7) is 7.76. The van der Waals surface area contributed by atoms with Crippen molar-refractivity contribution in [3.63, 3.8) is 0 Å². The van der Waals surface area contributed by atoms with E-state index in [0.29, 0.717) is 26.1 Å². The summed E-state index contributed by atoms with van der Waals surface area (Å²) < 4.78 is 17.2. The fourth-order valence-electron chi connectivity index (χ4n) is 5.72. The zero-order chi connectivity index (χ0) is 33.6. The highest BCUT2D eigenvalue weighted by molar-refractivity contribution is 5.70. The van der Waals surface area contributed by atoms with Gasteiger partial charge in [0.05, 0.1) is 6.61 Å². The van der Waals surface area contributed by atoms with E-state index in [1.54, 1.807) is 0 Å². The number of unbranched alkanes of at least 4 members (excludes halogenated alkanes) is 24. The molecule has 0 saturated heterocycles. The molecule has 46 heavy (non-hydrogen) atoms. The van der Waals surface area contributed by atoms with Gasteiger partial charge in [-0.1, -0.05) is 174 Å². The van der Waals surface area contributed by atoms with E-state index < -0.39 is 6.10 Å². The highest BCUT2D eigenvalue weighted by atomic mass is 16.6. The Kier molecular flexibility index (Phi) is 37.0. The van der Waals surface area contributed by atoms with E-state index in [0.717, 1.165) is 44.9 Å². The summed E-state index contributed by atoms with van der Waals surface area (Å²) in [6.07, 6.45) is 39.2. The third-order valence-corrected chi connectivity index (χ3v) is 8.80. The predicted octanol–water partition coefficient (Wildman–Crippen LogP) is 12.8. The average Bonchev–Trinajstić information content (AvgIpc) is 3.05. The molecule has 0 fully saturated rings. The minimum Gasteiger partial charge on any atom is -0.462 e. The lowest BCUT2D eigenvalue weighted by Gasteiger charge is -2.18. The highest BCUT2D eigenvalue weighted by Crippen LogP contribution is 2.14. The molecule has 0 saturated carbocycles. The normalized spacial score (nSPS) is 12.2. The summed E-state index contributed by atoms with van der Waals surface area (Å²) in [7, 11) is 0. The van der Waals surface area contributed by atoms with Crippen LogP contribution in [0.4, 0.5) is 0 Å². The Morgan fingerprint density at radius 3 is 1.39 bits per heavy atom. The van der Waals surface area contributed by atoms with Gasteiger partial charge in [-0.3, -0.25) is 9.59 Å². The molecule has 0 aromatic heterocycles. The number of hydrogen-bond donors (Lipinski definition) is 0. The Morgan fingerprint density at radius 2 is 0.870 bits per heavy atom. The quantitative estimate of drug-likeness (QED) is 0.0380. The van der Waals surface area contributed by atoms with Crippen molar-refractivity contribution in [1.29, 1.82) is 0 Å². The molecule has 0 aliphatic carbocycles. The van der Waals surface area contributed by atoms with Gasteiger partial charge in [0.2, 0.25) is 0 Å². The van der Waals surface area contributed by atoms with Gasteiger partial charge < -0.3 is 14.2 Å². The molecule has 1 atom stereocenters. The molecule has 0 aliphatic rings. The van der Waals surface area contributed by atoms with E-state index in [-0.39, 0.29) is 18.5 Å². The van der Waals surface area contributed by atoms with Crippen LogP contribution in [0.25, 0.3) is 0 Å². The lowest BCUT2D eigenvalue weighted by Crippen LogP contribution is -2.30. The molecule has 0 aromatic carbocycles. The average molecular weight is 651 g/mol. The molecule has 272 valence electrons. The molecule has 0 N–H and O–H groups in total. The zero-order valence-corrected chi connectivity index (χ0v) is 31.1. The van der Waals surface area contributed by atoms with E-state index in [1.165, 1.54) is 135 Å². The van der Waals surface area contributed by atoms with Crippen LogP contribution in [0.3, 0.4) is 0 Å². The van der Waals surface area contributed by atoms with Crippen LogP contribution in [-0.4, -0.2) is 37.9 Å². The number of carbonyl (C=O) groups excluding carboxylic acids is 2. The molecule has 0 spiro atoms. The van der Waals surface area contributed by atoms with Crippen molar-refractivity contribution in [2.75, 3.05) is 19.8 Å². The maximum absolute atomic E-state index is 12.5. The molecule has 0 bridgehead atoms. The second kappa shape index (κ2) is 38.1. The Bertz CT molecular complexity index is 661. The van der Waals surface area contributed by atoms with Gasteiger partial charge in [-0.25, -0.2) is 0 Å². The Morgan fingerprint density at radius 1 is 0.457 bits per heavy atom. The van der Waals surface area contributed by atoms with E-state index in [9.17, 15) is 9.59 Å². The lowest BCUT2D eigenvalue weighted by molar-refractivity contribution is -0.163. The monoisotopic (exact) mass is 651 g/mol. The first-order valence-electron chi connectivity index (χ1n) is 20.2. The van der Waals surface area contributed by atoms with Crippen LogP contribution in [0.2, 0.25) is 0 Å². The molecule has 5 heteroatoms. The van der Waals surface area contributed by atoms with Crippen LogP contribution >= 0.6 is 0 Å². The summed E-state index contributed by atoms with van der Waals surface area (Å²) in [5.41, 5.74) is 0. The van der Waals surface area contributed by atoms with Gasteiger partial charge in [-0.05, 0) is 38.5 Å². The number of carbonyl (C=O) groups is 2. The molecule has 0 aliphatic heterocycles. The van der Waals surface area contributed by atoms with Crippen molar-refractivity contribution >= 4 is 11.9 Å². The number of hydrogen-bond acceptors (Lipinski definition) is 5. The molecule has 5 nitrogen and oxygen atoms in total. The summed E-state index contributed by atoms with van der Waals surface area (Å²) in [4.78, 5) is 24.9. The van der Waals surface area contributed by atoms with Crippen molar-refractivity contribution in [1.82, 2.24) is 0 Å². The van der Waals surface area contributed by atoms with Crippen LogP contribution in [0.5, 0.6) is 0 Å². The highest BCUT2D eigenvalue weighted by Gasteiger charge is 2.17. The Labute approximate surface area is 286 Å². The van der Waals surface area contributed by atoms with Crippen molar-refractivity contribution in [2.24, 2.45) is 0 Å². The van der Waals surface area contributed by atoms with Gasteiger partial charge in [-0.15, -0.1) is 0 Å². The molecular weight excluding hydrogens is 572 g/mol. The first-order chi connectivity index (χ1) is 22.6. The molecule has 0 aromatic rings. The van der Waals surface area contributed by atoms with Crippen molar-refractivity contribution < 1.29 is 23.8 Å². The minimum atomic E-state index is -0.524. The first kappa shape index (κ1) is 44.6. The fourth-order valence-corrected chi connectivity index (χ4v) is 5.72. The van der Waals surface area contributed by atoms with Gasteiger partial charge in [0, 0.05) is 19.4 Å². The largest absolute Gasteiger partial charge is 0.462 e. The van der Waals surface area contributed by atoms with Gasteiger partial charge in [-0.2, -0.15) is 0 Å². The van der Waals surface area contributed by atoms with Crippen LogP contribution in [0, 0.1) is 0 Å². The zero-order valence-electron chi connectivity index (χ0n) is 31.1. The van der Waals surface area contributed by atoms with Crippen LogP contribution in [-0.2, 0) is 23.8 Å². The molecule has 1 unspecified atom stereocenters. The molecule has 0 heterocycles. The van der Waals surface area contributed by atoms with Crippen LogP contribution in [0.1, 0.15) is 213 Å². The topological polar surface area (TPSA) is 61.8 Å². The molecule has 0 rings (SSSR count). The second-order valence-corrected chi connectivity index (χ2v) is 13.6. The second-order valence-electron chi connectivity index (χ2n) is 13.6. The predicted molar refractivity (Wildman–Crippen MR) is 196 cm³/mol. The van der Waals surface area contributed by atoms with Gasteiger partial charge in [0.25, 0.3) is 0 Å². The number of rotatable bonds is 37. The summed E-state index contributed by atoms with van der Waals surface area (Å²) >= 11 is 0. The van der Waals surface area contributed by atoms with Gasteiger partial charge in [0.1, 0.15) is 6.61 Å². The first-order valence-corrected chi connectivity index (χ1v) is 20.2. The number of esters is 2. The standard InChI is InChI=1S/C41H78O5/c1-4-7-10-13-16-18-20-22-24-27-30-33-36-44-37-39(46-41(43)35-32-29-25-15-12-9-6-3)38-45-40(42)34-31-28-26-23-21-19-17-14-11-8-5-2/h14,17,39H,4-13,15-16,18-38H2,1-3H3/b17-14-. The third-order valence-electron chi connectivity index (χ3n) is 8.80. The van der Waals surface area contributed by atoms with E-state index >= 15 is 0 Å². The number of allylic oxidation sites excluding steroid dienone is 2. The maximum Gasteiger partial charge on any atom is 0.306 e. The minimum absolute atomic E-state index is 0.0877. The Balaban J connectivity index is 4.17. The third kappa shape index (κ3) is 35.5. The van der Waals surface area contributed by atoms with Crippen LogP contribution < -0.4 is 0 Å². The van der Waals surface area contributed by atoms with Crippen molar-refractivity contribution in [2.45, 2.75) is 219 Å². The number of ether oxygens (including phenoxy) is 3. The smallest absolute Gasteiger partial charge is 0.306 e. The molecule has 0 amide bonds. The summed E-state index contributed by atoms with van der Waals surface area (Å²) in [6, 6.07) is 0. The maximum atomic E-state index is 12.5. The summed E-state index contributed by atoms with van der Waals surface area (Å²) in [5, 5.41) is 0. The van der Waals surface area contributed by atoms with Crippen molar-refractivity contribution in [3.8, 4) is 0 Å². The van der Waals surface area contributed by atoms with E-state index in [1.807, 2.05) is 0 Å². The van der Waals surface area contributed by atoms with Gasteiger partial charge >= 0.3 is 11.9 Å². The summed E-state index contributed by atoms with van der Waals surface area (Å²) in [5.74, 6) is -0.406. The molecule has 0 radical (unpaired) electrons. The fraction of sp³-hybridized carbons (Fsp3) is 0.902. The Hall–Kier alpha value is -1.36.